The third-order valence-electron chi connectivity index (χ3n) is 3.11. The zero-order chi connectivity index (χ0) is 13.5. The monoisotopic (exact) mass is 273 g/mol. The molecule has 0 saturated heterocycles. The lowest BCUT2D eigenvalue weighted by Crippen LogP contribution is -2.27. The van der Waals surface area contributed by atoms with Crippen molar-refractivity contribution in [2.75, 3.05) is 6.61 Å². The predicted molar refractivity (Wildman–Crippen MR) is 74.9 cm³/mol. The van der Waals surface area contributed by atoms with Gasteiger partial charge in [0.2, 0.25) is 0 Å². The Hall–Kier alpha value is -0.580. The van der Waals surface area contributed by atoms with Crippen LogP contribution in [0.15, 0.2) is 0 Å². The molecule has 2 N–H and O–H groups in total. The number of aromatic nitrogens is 2. The quantitative estimate of drug-likeness (QED) is 0.765. The van der Waals surface area contributed by atoms with Crippen LogP contribution in [-0.4, -0.2) is 27.5 Å². The molecular weight excluding hydrogens is 250 g/mol. The standard InChI is InChI=1S/C13H24ClN3O/c1-4-11-13(14)12(17(5-2)16-11)9-15-10(3)7-6-8-18/h10,15,18H,4-9H2,1-3H3. The first-order chi connectivity index (χ1) is 8.63. The third kappa shape index (κ3) is 3.97. The Morgan fingerprint density at radius 3 is 2.72 bits per heavy atom. The van der Waals surface area contributed by atoms with Crippen molar-refractivity contribution in [1.82, 2.24) is 15.1 Å². The molecule has 0 saturated carbocycles. The molecule has 104 valence electrons. The average Bonchev–Trinajstić information content (AvgIpc) is 2.69. The van der Waals surface area contributed by atoms with Gasteiger partial charge in [0.05, 0.1) is 16.4 Å². The highest BCUT2D eigenvalue weighted by atomic mass is 35.5. The summed E-state index contributed by atoms with van der Waals surface area (Å²) in [6.45, 7) is 8.07. The van der Waals surface area contributed by atoms with Crippen molar-refractivity contribution >= 4 is 11.6 Å². The molecule has 0 amide bonds. The normalized spacial score (nSPS) is 12.9. The van der Waals surface area contributed by atoms with Crippen LogP contribution >= 0.6 is 11.6 Å². The van der Waals surface area contributed by atoms with Crippen molar-refractivity contribution in [3.63, 3.8) is 0 Å². The molecule has 5 heteroatoms. The number of aliphatic hydroxyl groups excluding tert-OH is 1. The molecule has 0 radical (unpaired) electrons. The largest absolute Gasteiger partial charge is 0.396 e. The lowest BCUT2D eigenvalue weighted by Gasteiger charge is -2.14. The van der Waals surface area contributed by atoms with Crippen LogP contribution in [0, 0.1) is 0 Å². The number of nitrogens with one attached hydrogen (secondary N) is 1. The molecule has 0 aliphatic carbocycles. The van der Waals surface area contributed by atoms with Crippen molar-refractivity contribution in [2.24, 2.45) is 0 Å². The van der Waals surface area contributed by atoms with Gasteiger partial charge in [-0.05, 0) is 33.1 Å². The van der Waals surface area contributed by atoms with Gasteiger partial charge in [-0.1, -0.05) is 18.5 Å². The highest BCUT2D eigenvalue weighted by Gasteiger charge is 2.14. The molecule has 0 aliphatic heterocycles. The number of halogens is 1. The highest BCUT2D eigenvalue weighted by Crippen LogP contribution is 2.21. The molecule has 1 aromatic heterocycles. The van der Waals surface area contributed by atoms with E-state index in [1.54, 1.807) is 0 Å². The first-order valence-corrected chi connectivity index (χ1v) is 7.10. The molecule has 0 spiro atoms. The number of aliphatic hydroxyl groups is 1. The zero-order valence-electron chi connectivity index (χ0n) is 11.5. The van der Waals surface area contributed by atoms with Crippen molar-refractivity contribution < 1.29 is 5.11 Å². The van der Waals surface area contributed by atoms with Crippen LogP contribution in [0.4, 0.5) is 0 Å². The van der Waals surface area contributed by atoms with Gasteiger partial charge in [0, 0.05) is 25.7 Å². The molecule has 0 bridgehead atoms. The number of rotatable bonds is 8. The molecule has 0 fully saturated rings. The van der Waals surface area contributed by atoms with Gasteiger partial charge in [-0.3, -0.25) is 4.68 Å². The van der Waals surface area contributed by atoms with E-state index in [0.717, 1.165) is 48.8 Å². The van der Waals surface area contributed by atoms with E-state index < -0.39 is 0 Å². The molecule has 4 nitrogen and oxygen atoms in total. The Morgan fingerprint density at radius 1 is 1.44 bits per heavy atom. The number of hydrogen-bond donors (Lipinski definition) is 2. The maximum Gasteiger partial charge on any atom is 0.0863 e. The fraction of sp³-hybridized carbons (Fsp3) is 0.769. The van der Waals surface area contributed by atoms with Gasteiger partial charge in [-0.2, -0.15) is 5.10 Å². The van der Waals surface area contributed by atoms with Gasteiger partial charge < -0.3 is 10.4 Å². The molecule has 1 unspecified atom stereocenters. The SMILES string of the molecule is CCc1nn(CC)c(CNC(C)CCCO)c1Cl. The van der Waals surface area contributed by atoms with Gasteiger partial charge in [0.25, 0.3) is 0 Å². The fourth-order valence-electron chi connectivity index (χ4n) is 1.96. The van der Waals surface area contributed by atoms with Gasteiger partial charge in [0.15, 0.2) is 0 Å². The van der Waals surface area contributed by atoms with Crippen LogP contribution in [0.5, 0.6) is 0 Å². The van der Waals surface area contributed by atoms with Crippen LogP contribution in [0.3, 0.4) is 0 Å². The van der Waals surface area contributed by atoms with E-state index in [1.165, 1.54) is 0 Å². The lowest BCUT2D eigenvalue weighted by molar-refractivity contribution is 0.276. The molecule has 18 heavy (non-hydrogen) atoms. The molecular formula is C13H24ClN3O. The summed E-state index contributed by atoms with van der Waals surface area (Å²) in [6, 6.07) is 0.374. The minimum atomic E-state index is 0.250. The first-order valence-electron chi connectivity index (χ1n) is 6.72. The van der Waals surface area contributed by atoms with Crippen LogP contribution in [0.2, 0.25) is 5.02 Å². The molecule has 1 rings (SSSR count). The van der Waals surface area contributed by atoms with E-state index >= 15 is 0 Å². The molecule has 1 aromatic rings. The topological polar surface area (TPSA) is 50.1 Å². The van der Waals surface area contributed by atoms with E-state index in [-0.39, 0.29) is 6.61 Å². The van der Waals surface area contributed by atoms with Crippen molar-refractivity contribution in [2.45, 2.75) is 59.2 Å². The lowest BCUT2D eigenvalue weighted by atomic mass is 10.2. The Balaban J connectivity index is 2.63. The number of aryl methyl sites for hydroxylation is 2. The molecule has 0 aromatic carbocycles. The highest BCUT2D eigenvalue weighted by molar-refractivity contribution is 6.31. The maximum atomic E-state index is 8.80. The van der Waals surface area contributed by atoms with Crippen molar-refractivity contribution in [3.05, 3.63) is 16.4 Å². The molecule has 1 heterocycles. The smallest absolute Gasteiger partial charge is 0.0863 e. The van der Waals surface area contributed by atoms with Crippen LogP contribution < -0.4 is 5.32 Å². The maximum absolute atomic E-state index is 8.80. The second kappa shape index (κ2) is 7.77. The summed E-state index contributed by atoms with van der Waals surface area (Å²) < 4.78 is 1.97. The van der Waals surface area contributed by atoms with Gasteiger partial charge >= 0.3 is 0 Å². The Bertz CT molecular complexity index is 365. The second-order valence-electron chi connectivity index (χ2n) is 4.52. The third-order valence-corrected chi connectivity index (χ3v) is 3.54. The molecule has 0 aliphatic rings. The summed E-state index contributed by atoms with van der Waals surface area (Å²) in [5, 5.41) is 17.5. The average molecular weight is 274 g/mol. The summed E-state index contributed by atoms with van der Waals surface area (Å²) in [6.07, 6.45) is 2.66. The van der Waals surface area contributed by atoms with Gasteiger partial charge in [-0.15, -0.1) is 0 Å². The minimum absolute atomic E-state index is 0.250. The fourth-order valence-corrected chi connectivity index (χ4v) is 2.29. The van der Waals surface area contributed by atoms with Crippen molar-refractivity contribution in [3.8, 4) is 0 Å². The summed E-state index contributed by atoms with van der Waals surface area (Å²) in [7, 11) is 0. The Kier molecular flexibility index (Phi) is 6.68. The van der Waals surface area contributed by atoms with Gasteiger partial charge in [0.1, 0.15) is 0 Å². The number of nitrogens with zero attached hydrogens (tertiary/aromatic N) is 2. The summed E-state index contributed by atoms with van der Waals surface area (Å²) in [4.78, 5) is 0. The van der Waals surface area contributed by atoms with E-state index in [9.17, 15) is 0 Å². The van der Waals surface area contributed by atoms with Crippen LogP contribution in [-0.2, 0) is 19.5 Å². The second-order valence-corrected chi connectivity index (χ2v) is 4.90. The summed E-state index contributed by atoms with van der Waals surface area (Å²) >= 11 is 6.33. The summed E-state index contributed by atoms with van der Waals surface area (Å²) in [5.41, 5.74) is 2.03. The van der Waals surface area contributed by atoms with Gasteiger partial charge in [-0.25, -0.2) is 0 Å². The summed E-state index contributed by atoms with van der Waals surface area (Å²) in [5.74, 6) is 0. The predicted octanol–water partition coefficient (Wildman–Crippen LogP) is 2.37. The van der Waals surface area contributed by atoms with E-state index in [0.29, 0.717) is 6.04 Å². The van der Waals surface area contributed by atoms with E-state index in [1.807, 2.05) is 4.68 Å². The van der Waals surface area contributed by atoms with Crippen molar-refractivity contribution in [1.29, 1.82) is 0 Å². The Labute approximate surface area is 114 Å². The molecule has 1 atom stereocenters. The minimum Gasteiger partial charge on any atom is -0.396 e. The van der Waals surface area contributed by atoms with E-state index in [2.05, 4.69) is 31.2 Å². The van der Waals surface area contributed by atoms with Crippen LogP contribution in [0.25, 0.3) is 0 Å². The Morgan fingerprint density at radius 2 is 2.17 bits per heavy atom. The first kappa shape index (κ1) is 15.5. The number of hydrogen-bond acceptors (Lipinski definition) is 3. The van der Waals surface area contributed by atoms with Crippen LogP contribution in [0.1, 0.15) is 45.0 Å². The van der Waals surface area contributed by atoms with E-state index in [4.69, 9.17) is 16.7 Å². The zero-order valence-corrected chi connectivity index (χ0v) is 12.3.